The van der Waals surface area contributed by atoms with Gasteiger partial charge in [0.25, 0.3) is 11.8 Å². The van der Waals surface area contributed by atoms with Gasteiger partial charge in [-0.15, -0.1) is 0 Å². The number of hydrogen-bond donors (Lipinski definition) is 1. The van der Waals surface area contributed by atoms with E-state index in [4.69, 9.17) is 4.74 Å². The van der Waals surface area contributed by atoms with Crippen molar-refractivity contribution in [1.29, 1.82) is 0 Å². The molecule has 0 unspecified atom stereocenters. The van der Waals surface area contributed by atoms with Gasteiger partial charge in [-0.05, 0) is 25.0 Å². The summed E-state index contributed by atoms with van der Waals surface area (Å²) in [6.45, 7) is 1.46. The van der Waals surface area contributed by atoms with E-state index in [1.807, 2.05) is 6.92 Å². The second-order valence-corrected chi connectivity index (χ2v) is 8.58. The van der Waals surface area contributed by atoms with Crippen LogP contribution in [0.2, 0.25) is 0 Å². The zero-order valence-corrected chi connectivity index (χ0v) is 16.0. The number of ether oxygens (including phenoxy) is 1. The molecule has 1 fully saturated rings. The van der Waals surface area contributed by atoms with Crippen molar-refractivity contribution < 1.29 is 27.5 Å². The first-order valence-corrected chi connectivity index (χ1v) is 10.6. The van der Waals surface area contributed by atoms with Crippen LogP contribution in [0.25, 0.3) is 0 Å². The van der Waals surface area contributed by atoms with Gasteiger partial charge in [-0.1, -0.05) is 25.1 Å². The van der Waals surface area contributed by atoms with Gasteiger partial charge >= 0.3 is 5.97 Å². The minimum atomic E-state index is -3.12. The fraction of sp³-hybridized carbons (Fsp3) is 0.500. The maximum Gasteiger partial charge on any atom is 0.325 e. The van der Waals surface area contributed by atoms with Crippen LogP contribution in [0.15, 0.2) is 30.3 Å². The molecule has 0 bridgehead atoms. The molecule has 0 aliphatic carbocycles. The molecule has 1 saturated heterocycles. The van der Waals surface area contributed by atoms with E-state index in [2.05, 4.69) is 5.32 Å². The van der Waals surface area contributed by atoms with Crippen molar-refractivity contribution >= 4 is 27.6 Å². The van der Waals surface area contributed by atoms with E-state index in [0.29, 0.717) is 24.9 Å². The zero-order valence-electron chi connectivity index (χ0n) is 15.2. The van der Waals surface area contributed by atoms with E-state index >= 15 is 0 Å². The average Bonchev–Trinajstić information content (AvgIpc) is 3.02. The van der Waals surface area contributed by atoms with Gasteiger partial charge in [-0.25, -0.2) is 8.42 Å². The number of nitrogens with one attached hydrogen (secondary N) is 1. The quantitative estimate of drug-likeness (QED) is 0.637. The monoisotopic (exact) mass is 396 g/mol. The molecule has 1 aliphatic rings. The van der Waals surface area contributed by atoms with Gasteiger partial charge in [-0.2, -0.15) is 0 Å². The molecule has 1 aromatic rings. The first-order chi connectivity index (χ1) is 12.8. The highest BCUT2D eigenvalue weighted by Gasteiger charge is 2.34. The van der Waals surface area contributed by atoms with Crippen LogP contribution in [0, 0.1) is 0 Å². The molecule has 9 heteroatoms. The van der Waals surface area contributed by atoms with E-state index in [-0.39, 0.29) is 24.1 Å². The molecule has 1 atom stereocenters. The third-order valence-corrected chi connectivity index (χ3v) is 5.97. The van der Waals surface area contributed by atoms with Crippen LogP contribution in [0.1, 0.15) is 30.1 Å². The largest absolute Gasteiger partial charge is 0.454 e. The highest BCUT2D eigenvalue weighted by Crippen LogP contribution is 2.18. The number of carbonyl (C=O) groups is 3. The van der Waals surface area contributed by atoms with Crippen molar-refractivity contribution in [3.8, 4) is 0 Å². The van der Waals surface area contributed by atoms with E-state index in [1.54, 1.807) is 30.3 Å². The third kappa shape index (κ3) is 6.35. The molecule has 148 valence electrons. The average molecular weight is 396 g/mol. The van der Waals surface area contributed by atoms with Crippen LogP contribution in [0.5, 0.6) is 0 Å². The molecule has 0 saturated carbocycles. The topological polar surface area (TPSA) is 110 Å². The van der Waals surface area contributed by atoms with Gasteiger partial charge in [0.2, 0.25) is 0 Å². The highest BCUT2D eigenvalue weighted by molar-refractivity contribution is 7.91. The number of carbonyl (C=O) groups excluding carboxylic acids is 3. The Labute approximate surface area is 158 Å². The molecule has 1 heterocycles. The molecular formula is C18H24N2O6S. The van der Waals surface area contributed by atoms with Crippen LogP contribution < -0.4 is 5.32 Å². The van der Waals surface area contributed by atoms with Crippen LogP contribution >= 0.6 is 0 Å². The minimum Gasteiger partial charge on any atom is -0.454 e. The lowest BCUT2D eigenvalue weighted by atomic mass is 10.2. The first kappa shape index (κ1) is 20.9. The predicted molar refractivity (Wildman–Crippen MR) is 98.8 cm³/mol. The van der Waals surface area contributed by atoms with Gasteiger partial charge in [0.15, 0.2) is 16.4 Å². The minimum absolute atomic E-state index is 0.0557. The molecule has 0 aromatic heterocycles. The first-order valence-electron chi connectivity index (χ1n) is 8.81. The molecule has 0 radical (unpaired) electrons. The van der Waals surface area contributed by atoms with Crippen molar-refractivity contribution in [1.82, 2.24) is 10.2 Å². The Hall–Kier alpha value is -2.42. The normalized spacial score (nSPS) is 17.9. The Bertz CT molecular complexity index is 778. The van der Waals surface area contributed by atoms with E-state index in [0.717, 1.165) is 0 Å². The fourth-order valence-electron chi connectivity index (χ4n) is 2.89. The number of nitrogens with zero attached hydrogens (tertiary/aromatic N) is 1. The lowest BCUT2D eigenvalue weighted by Gasteiger charge is -2.27. The second kappa shape index (κ2) is 9.50. The summed E-state index contributed by atoms with van der Waals surface area (Å²) in [7, 11) is -3.12. The maximum atomic E-state index is 12.4. The van der Waals surface area contributed by atoms with Crippen molar-refractivity contribution in [3.05, 3.63) is 35.9 Å². The summed E-state index contributed by atoms with van der Waals surface area (Å²) >= 11 is 0. The summed E-state index contributed by atoms with van der Waals surface area (Å²) in [4.78, 5) is 37.5. The second-order valence-electron chi connectivity index (χ2n) is 6.35. The predicted octanol–water partition coefficient (Wildman–Crippen LogP) is 0.385. The summed E-state index contributed by atoms with van der Waals surface area (Å²) < 4.78 is 28.2. The molecule has 2 rings (SSSR count). The van der Waals surface area contributed by atoms with Crippen LogP contribution in [0.3, 0.4) is 0 Å². The molecular weight excluding hydrogens is 372 g/mol. The van der Waals surface area contributed by atoms with E-state index in [9.17, 15) is 22.8 Å². The smallest absolute Gasteiger partial charge is 0.325 e. The number of rotatable bonds is 8. The lowest BCUT2D eigenvalue weighted by molar-refractivity contribution is -0.152. The highest BCUT2D eigenvalue weighted by atomic mass is 32.2. The fourth-order valence-corrected chi connectivity index (χ4v) is 4.62. The Morgan fingerprint density at radius 3 is 2.52 bits per heavy atom. The van der Waals surface area contributed by atoms with Crippen LogP contribution in [-0.4, -0.2) is 68.3 Å². The van der Waals surface area contributed by atoms with Gasteiger partial charge in [0.1, 0.15) is 6.54 Å². The summed E-state index contributed by atoms with van der Waals surface area (Å²) in [6, 6.07) is 8.03. The van der Waals surface area contributed by atoms with Crippen molar-refractivity contribution in [2.45, 2.75) is 25.8 Å². The zero-order chi connectivity index (χ0) is 19.9. The molecule has 2 amide bonds. The summed E-state index contributed by atoms with van der Waals surface area (Å²) in [5.74, 6) is -1.57. The number of sulfone groups is 1. The Balaban J connectivity index is 1.80. The molecule has 0 spiro atoms. The van der Waals surface area contributed by atoms with Gasteiger partial charge in [0.05, 0.1) is 11.5 Å². The van der Waals surface area contributed by atoms with Gasteiger partial charge in [0, 0.05) is 18.2 Å². The lowest BCUT2D eigenvalue weighted by Crippen LogP contribution is -2.44. The Kier molecular flexibility index (Phi) is 7.35. The van der Waals surface area contributed by atoms with E-state index < -0.39 is 34.2 Å². The number of benzene rings is 1. The summed E-state index contributed by atoms with van der Waals surface area (Å²) in [6.07, 6.45) is 1.07. The third-order valence-electron chi connectivity index (χ3n) is 4.22. The number of esters is 1. The van der Waals surface area contributed by atoms with Crippen LogP contribution in [-0.2, 0) is 24.2 Å². The Morgan fingerprint density at radius 1 is 1.22 bits per heavy atom. The van der Waals surface area contributed by atoms with Crippen molar-refractivity contribution in [2.75, 3.05) is 31.2 Å². The SMILES string of the molecule is CCCN(C(=O)COC(=O)CNC(=O)c1ccccc1)[C@@H]1CCS(=O)(=O)C1. The number of hydrogen-bond acceptors (Lipinski definition) is 6. The van der Waals surface area contributed by atoms with E-state index in [1.165, 1.54) is 4.90 Å². The summed E-state index contributed by atoms with van der Waals surface area (Å²) in [5, 5.41) is 2.43. The molecule has 1 aromatic carbocycles. The molecule has 1 N–H and O–H groups in total. The molecule has 27 heavy (non-hydrogen) atoms. The van der Waals surface area contributed by atoms with Crippen molar-refractivity contribution in [2.24, 2.45) is 0 Å². The van der Waals surface area contributed by atoms with Crippen LogP contribution in [0.4, 0.5) is 0 Å². The standard InChI is InChI=1S/C18H24N2O6S/c1-2-9-20(15-8-10-27(24,25)13-15)16(21)12-26-17(22)11-19-18(23)14-6-4-3-5-7-14/h3-7,15H,2,8-13H2,1H3,(H,19,23)/t15-/m1/s1. The number of amides is 2. The molecule has 1 aliphatic heterocycles. The summed E-state index contributed by atoms with van der Waals surface area (Å²) in [5.41, 5.74) is 0.415. The van der Waals surface area contributed by atoms with Crippen molar-refractivity contribution in [3.63, 3.8) is 0 Å². The molecule has 8 nitrogen and oxygen atoms in total. The van der Waals surface area contributed by atoms with Gasteiger partial charge in [-0.3, -0.25) is 14.4 Å². The van der Waals surface area contributed by atoms with Gasteiger partial charge < -0.3 is 15.0 Å². The Morgan fingerprint density at radius 2 is 1.93 bits per heavy atom. The maximum absolute atomic E-state index is 12.4.